The van der Waals surface area contributed by atoms with Gasteiger partial charge in [-0.25, -0.2) is 8.42 Å². The highest BCUT2D eigenvalue weighted by Gasteiger charge is 2.09. The summed E-state index contributed by atoms with van der Waals surface area (Å²) in [6.45, 7) is 0. The van der Waals surface area contributed by atoms with Gasteiger partial charge in [0.25, 0.3) is 0 Å². The van der Waals surface area contributed by atoms with Crippen LogP contribution in [0.25, 0.3) is 11.3 Å². The van der Waals surface area contributed by atoms with Gasteiger partial charge in [-0.1, -0.05) is 6.07 Å². The van der Waals surface area contributed by atoms with Crippen LogP contribution < -0.4 is 0 Å². The van der Waals surface area contributed by atoms with E-state index in [2.05, 4.69) is 9.97 Å². The van der Waals surface area contributed by atoms with Crippen molar-refractivity contribution in [3.8, 4) is 11.3 Å². The molecule has 0 atom stereocenters. The van der Waals surface area contributed by atoms with Gasteiger partial charge >= 0.3 is 0 Å². The molecular formula is C13H14N2O2S. The molecule has 0 saturated heterocycles. The highest BCUT2D eigenvalue weighted by molar-refractivity contribution is 7.90. The Morgan fingerprint density at radius 3 is 2.67 bits per heavy atom. The lowest BCUT2D eigenvalue weighted by Crippen LogP contribution is -2.07. The Balaban J connectivity index is 2.32. The Hall–Kier alpha value is -1.75. The number of pyridine rings is 2. The third-order valence-corrected chi connectivity index (χ3v) is 3.53. The van der Waals surface area contributed by atoms with Gasteiger partial charge in [-0.15, -0.1) is 0 Å². The summed E-state index contributed by atoms with van der Waals surface area (Å²) in [5.41, 5.74) is 2.68. The van der Waals surface area contributed by atoms with Crippen molar-refractivity contribution < 1.29 is 8.42 Å². The van der Waals surface area contributed by atoms with Crippen molar-refractivity contribution in [2.45, 2.75) is 6.42 Å². The molecule has 2 aromatic rings. The van der Waals surface area contributed by atoms with Crippen LogP contribution in [0.4, 0.5) is 0 Å². The van der Waals surface area contributed by atoms with Crippen LogP contribution in [-0.2, 0) is 16.3 Å². The first-order valence-corrected chi connectivity index (χ1v) is 7.64. The highest BCUT2D eigenvalue weighted by Crippen LogP contribution is 2.21. The molecule has 0 aliphatic heterocycles. The summed E-state index contributed by atoms with van der Waals surface area (Å²) in [5.74, 6) is 0.124. The zero-order valence-electron chi connectivity index (χ0n) is 10.1. The average molecular weight is 262 g/mol. The first-order chi connectivity index (χ1) is 8.56. The van der Waals surface area contributed by atoms with Crippen molar-refractivity contribution in [2.75, 3.05) is 12.0 Å². The first-order valence-electron chi connectivity index (χ1n) is 5.58. The molecule has 0 aromatic carbocycles. The van der Waals surface area contributed by atoms with Gasteiger partial charge < -0.3 is 0 Å². The van der Waals surface area contributed by atoms with E-state index in [0.717, 1.165) is 16.8 Å². The van der Waals surface area contributed by atoms with Gasteiger partial charge in [0.1, 0.15) is 9.84 Å². The fourth-order valence-electron chi connectivity index (χ4n) is 1.69. The molecule has 0 spiro atoms. The Kier molecular flexibility index (Phi) is 3.72. The van der Waals surface area contributed by atoms with E-state index in [1.54, 1.807) is 18.6 Å². The number of aryl methyl sites for hydroxylation is 1. The molecular weight excluding hydrogens is 248 g/mol. The monoisotopic (exact) mass is 262 g/mol. The average Bonchev–Trinajstić information content (AvgIpc) is 2.37. The minimum atomic E-state index is -2.97. The summed E-state index contributed by atoms with van der Waals surface area (Å²) in [7, 11) is -2.97. The number of hydrogen-bond acceptors (Lipinski definition) is 4. The van der Waals surface area contributed by atoms with Gasteiger partial charge in [0.2, 0.25) is 0 Å². The zero-order chi connectivity index (χ0) is 13.0. The standard InChI is InChI=1S/C13H14N2O2S/c1-18(16,17)9-6-11-10-14-8-5-12(11)13-4-2-3-7-15-13/h2-5,7-8,10H,6,9H2,1H3. The molecule has 0 fully saturated rings. The van der Waals surface area contributed by atoms with Gasteiger partial charge in [0.05, 0.1) is 11.4 Å². The third kappa shape index (κ3) is 3.37. The Morgan fingerprint density at radius 1 is 1.17 bits per heavy atom. The second-order valence-corrected chi connectivity index (χ2v) is 6.39. The second-order valence-electron chi connectivity index (χ2n) is 4.13. The molecule has 0 unspecified atom stereocenters. The molecule has 4 nitrogen and oxygen atoms in total. The van der Waals surface area contributed by atoms with Crippen molar-refractivity contribution in [2.24, 2.45) is 0 Å². The molecule has 0 aliphatic carbocycles. The van der Waals surface area contributed by atoms with Gasteiger partial charge in [0.15, 0.2) is 0 Å². The summed E-state index contributed by atoms with van der Waals surface area (Å²) < 4.78 is 22.4. The lowest BCUT2D eigenvalue weighted by atomic mass is 10.1. The fraction of sp³-hybridized carbons (Fsp3) is 0.231. The SMILES string of the molecule is CS(=O)(=O)CCc1cnccc1-c1ccccn1. The molecule has 18 heavy (non-hydrogen) atoms. The lowest BCUT2D eigenvalue weighted by molar-refractivity contribution is 0.601. The predicted molar refractivity (Wildman–Crippen MR) is 70.9 cm³/mol. The number of sulfone groups is 1. The van der Waals surface area contributed by atoms with Gasteiger partial charge in [-0.05, 0) is 30.2 Å². The summed E-state index contributed by atoms with van der Waals surface area (Å²) in [5, 5.41) is 0. The van der Waals surface area contributed by atoms with Gasteiger partial charge in [-0.3, -0.25) is 9.97 Å². The fourth-order valence-corrected chi connectivity index (χ4v) is 2.28. The van der Waals surface area contributed by atoms with Crippen LogP contribution in [-0.4, -0.2) is 30.4 Å². The molecule has 0 amide bonds. The van der Waals surface area contributed by atoms with E-state index in [4.69, 9.17) is 0 Å². The van der Waals surface area contributed by atoms with E-state index in [1.807, 2.05) is 24.3 Å². The van der Waals surface area contributed by atoms with E-state index in [9.17, 15) is 8.42 Å². The van der Waals surface area contributed by atoms with Crippen LogP contribution in [0.15, 0.2) is 42.9 Å². The molecule has 94 valence electrons. The molecule has 2 aromatic heterocycles. The maximum atomic E-state index is 11.2. The molecule has 5 heteroatoms. The first kappa shape index (κ1) is 12.7. The number of aromatic nitrogens is 2. The maximum absolute atomic E-state index is 11.2. The van der Waals surface area contributed by atoms with Crippen molar-refractivity contribution in [1.82, 2.24) is 9.97 Å². The number of hydrogen-bond donors (Lipinski definition) is 0. The van der Waals surface area contributed by atoms with Crippen LogP contribution >= 0.6 is 0 Å². The zero-order valence-corrected chi connectivity index (χ0v) is 10.9. The van der Waals surface area contributed by atoms with Crippen LogP contribution in [0.3, 0.4) is 0 Å². The lowest BCUT2D eigenvalue weighted by Gasteiger charge is -2.07. The van der Waals surface area contributed by atoms with E-state index in [0.29, 0.717) is 6.42 Å². The van der Waals surface area contributed by atoms with Crippen molar-refractivity contribution >= 4 is 9.84 Å². The Bertz CT molecular complexity index is 624. The van der Waals surface area contributed by atoms with Gasteiger partial charge in [0, 0.05) is 30.4 Å². The summed E-state index contributed by atoms with van der Waals surface area (Å²) in [4.78, 5) is 8.33. The van der Waals surface area contributed by atoms with Crippen LogP contribution in [0.2, 0.25) is 0 Å². The molecule has 0 saturated carbocycles. The highest BCUT2D eigenvalue weighted by atomic mass is 32.2. The van der Waals surface area contributed by atoms with Crippen molar-refractivity contribution in [3.05, 3.63) is 48.4 Å². The van der Waals surface area contributed by atoms with Gasteiger partial charge in [-0.2, -0.15) is 0 Å². The Labute approximate surface area is 107 Å². The quantitative estimate of drug-likeness (QED) is 0.842. The molecule has 0 aliphatic rings. The third-order valence-electron chi connectivity index (χ3n) is 2.59. The van der Waals surface area contributed by atoms with Crippen molar-refractivity contribution in [3.63, 3.8) is 0 Å². The van der Waals surface area contributed by atoms with Crippen LogP contribution in [0, 0.1) is 0 Å². The topological polar surface area (TPSA) is 59.9 Å². The van der Waals surface area contributed by atoms with Crippen LogP contribution in [0.1, 0.15) is 5.56 Å². The van der Waals surface area contributed by atoms with Crippen LogP contribution in [0.5, 0.6) is 0 Å². The minimum absolute atomic E-state index is 0.124. The predicted octanol–water partition coefficient (Wildman–Crippen LogP) is 1.73. The Morgan fingerprint density at radius 2 is 2.00 bits per heavy atom. The largest absolute Gasteiger partial charge is 0.264 e. The number of nitrogens with zero attached hydrogens (tertiary/aromatic N) is 2. The smallest absolute Gasteiger partial charge is 0.147 e. The van der Waals surface area contributed by atoms with Crippen molar-refractivity contribution in [1.29, 1.82) is 0 Å². The van der Waals surface area contributed by atoms with E-state index in [-0.39, 0.29) is 5.75 Å². The minimum Gasteiger partial charge on any atom is -0.264 e. The maximum Gasteiger partial charge on any atom is 0.147 e. The summed E-state index contributed by atoms with van der Waals surface area (Å²) in [6, 6.07) is 7.52. The molecule has 2 heterocycles. The second kappa shape index (κ2) is 5.27. The molecule has 0 radical (unpaired) electrons. The molecule has 0 bridgehead atoms. The summed E-state index contributed by atoms with van der Waals surface area (Å²) in [6.07, 6.45) is 6.81. The van der Waals surface area contributed by atoms with E-state index >= 15 is 0 Å². The molecule has 2 rings (SSSR count). The normalized spacial score (nSPS) is 11.4. The van der Waals surface area contributed by atoms with E-state index < -0.39 is 9.84 Å². The number of rotatable bonds is 4. The molecule has 0 N–H and O–H groups in total. The summed E-state index contributed by atoms with van der Waals surface area (Å²) >= 11 is 0. The van der Waals surface area contributed by atoms with E-state index in [1.165, 1.54) is 6.26 Å².